The second kappa shape index (κ2) is 4.57. The summed E-state index contributed by atoms with van der Waals surface area (Å²) in [5, 5.41) is 3.23. The number of halogens is 1. The highest BCUT2D eigenvalue weighted by Gasteiger charge is 2.40. The van der Waals surface area contributed by atoms with E-state index in [1.165, 1.54) is 12.1 Å². The van der Waals surface area contributed by atoms with Gasteiger partial charge in [0.25, 0.3) is 0 Å². The first kappa shape index (κ1) is 12.2. The highest BCUT2D eigenvalue weighted by Crippen LogP contribution is 2.34. The molecule has 1 heterocycles. The fourth-order valence-corrected chi connectivity index (χ4v) is 2.52. The monoisotopic (exact) mass is 235 g/mol. The van der Waals surface area contributed by atoms with Gasteiger partial charge in [-0.2, -0.15) is 0 Å². The number of carbonyl (C=O) groups excluding carboxylic acids is 1. The van der Waals surface area contributed by atoms with Crippen LogP contribution in [0.5, 0.6) is 0 Å². The molecule has 3 heteroatoms. The summed E-state index contributed by atoms with van der Waals surface area (Å²) in [6.07, 6.45) is 1.65. The van der Waals surface area contributed by atoms with Gasteiger partial charge in [-0.15, -0.1) is 0 Å². The van der Waals surface area contributed by atoms with Crippen LogP contribution in [0.15, 0.2) is 18.2 Å². The Morgan fingerprint density at radius 1 is 1.53 bits per heavy atom. The summed E-state index contributed by atoms with van der Waals surface area (Å²) in [6.45, 7) is 5.46. The van der Waals surface area contributed by atoms with Gasteiger partial charge in [0.1, 0.15) is 5.82 Å². The van der Waals surface area contributed by atoms with E-state index in [0.29, 0.717) is 12.1 Å². The predicted molar refractivity (Wildman–Crippen MR) is 65.7 cm³/mol. The Bertz CT molecular complexity index is 436. The molecule has 1 fully saturated rings. The van der Waals surface area contributed by atoms with Crippen molar-refractivity contribution in [2.45, 2.75) is 26.7 Å². The van der Waals surface area contributed by atoms with E-state index in [4.69, 9.17) is 0 Å². The van der Waals surface area contributed by atoms with Crippen molar-refractivity contribution in [3.05, 3.63) is 35.1 Å². The molecule has 1 aromatic rings. The maximum Gasteiger partial charge on any atom is 0.170 e. The summed E-state index contributed by atoms with van der Waals surface area (Å²) in [7, 11) is 0. The molecule has 1 aromatic carbocycles. The van der Waals surface area contributed by atoms with Crippen molar-refractivity contribution in [1.29, 1.82) is 0 Å². The summed E-state index contributed by atoms with van der Waals surface area (Å²) >= 11 is 0. The van der Waals surface area contributed by atoms with Gasteiger partial charge in [-0.1, -0.05) is 13.0 Å². The molecule has 1 saturated heterocycles. The Kier molecular flexibility index (Phi) is 3.29. The maximum absolute atomic E-state index is 13.3. The molecule has 0 bridgehead atoms. The lowest BCUT2D eigenvalue weighted by Crippen LogP contribution is -2.33. The Morgan fingerprint density at radius 2 is 2.29 bits per heavy atom. The SMILES string of the molecule is CCC1(C(=O)c2cc(F)ccc2C)CCNC1. The Morgan fingerprint density at radius 3 is 2.88 bits per heavy atom. The molecule has 1 N–H and O–H groups in total. The minimum Gasteiger partial charge on any atom is -0.316 e. The number of aryl methyl sites for hydroxylation is 1. The van der Waals surface area contributed by atoms with E-state index in [1.807, 2.05) is 13.8 Å². The second-order valence-corrected chi connectivity index (χ2v) is 4.85. The molecule has 0 radical (unpaired) electrons. The molecule has 2 nitrogen and oxygen atoms in total. The topological polar surface area (TPSA) is 29.1 Å². The summed E-state index contributed by atoms with van der Waals surface area (Å²) in [6, 6.07) is 4.44. The summed E-state index contributed by atoms with van der Waals surface area (Å²) < 4.78 is 13.3. The molecule has 1 unspecified atom stereocenters. The van der Waals surface area contributed by atoms with Crippen LogP contribution >= 0.6 is 0 Å². The highest BCUT2D eigenvalue weighted by atomic mass is 19.1. The number of benzene rings is 1. The van der Waals surface area contributed by atoms with Crippen LogP contribution in [-0.4, -0.2) is 18.9 Å². The first-order chi connectivity index (χ1) is 8.09. The Hall–Kier alpha value is -1.22. The number of nitrogens with one attached hydrogen (secondary N) is 1. The summed E-state index contributed by atoms with van der Waals surface area (Å²) in [4.78, 5) is 12.6. The van der Waals surface area contributed by atoms with Crippen LogP contribution in [0.4, 0.5) is 4.39 Å². The molecule has 1 atom stereocenters. The molecule has 2 rings (SSSR count). The average Bonchev–Trinajstić information content (AvgIpc) is 2.81. The third kappa shape index (κ3) is 2.12. The summed E-state index contributed by atoms with van der Waals surface area (Å²) in [5.41, 5.74) is 1.06. The van der Waals surface area contributed by atoms with E-state index in [-0.39, 0.29) is 17.0 Å². The quantitative estimate of drug-likeness (QED) is 0.816. The van der Waals surface area contributed by atoms with Crippen molar-refractivity contribution < 1.29 is 9.18 Å². The largest absolute Gasteiger partial charge is 0.316 e. The van der Waals surface area contributed by atoms with Crippen molar-refractivity contribution in [3.63, 3.8) is 0 Å². The zero-order chi connectivity index (χ0) is 12.5. The number of hydrogen-bond donors (Lipinski definition) is 1. The smallest absolute Gasteiger partial charge is 0.170 e. The van der Waals surface area contributed by atoms with Crippen LogP contribution in [0.1, 0.15) is 35.7 Å². The second-order valence-electron chi connectivity index (χ2n) is 4.85. The van der Waals surface area contributed by atoms with Crippen molar-refractivity contribution in [2.24, 2.45) is 5.41 Å². The highest BCUT2D eigenvalue weighted by molar-refractivity contribution is 6.02. The van der Waals surface area contributed by atoms with Gasteiger partial charge in [-0.25, -0.2) is 4.39 Å². The standard InChI is InChI=1S/C14H18FNO/c1-3-14(6-7-16-9-14)13(17)12-8-11(15)5-4-10(12)2/h4-5,8,16H,3,6-7,9H2,1-2H3. The Balaban J connectivity index is 2.39. The van der Waals surface area contributed by atoms with E-state index in [2.05, 4.69) is 5.32 Å². The van der Waals surface area contributed by atoms with Crippen molar-refractivity contribution in [1.82, 2.24) is 5.32 Å². The lowest BCUT2D eigenvalue weighted by atomic mass is 9.76. The molecule has 0 spiro atoms. The fourth-order valence-electron chi connectivity index (χ4n) is 2.52. The predicted octanol–water partition coefficient (Wildman–Crippen LogP) is 2.71. The number of ketones is 1. The molecular formula is C14H18FNO. The van der Waals surface area contributed by atoms with Crippen LogP contribution in [0.25, 0.3) is 0 Å². The van der Waals surface area contributed by atoms with Crippen molar-refractivity contribution in [3.8, 4) is 0 Å². The number of Topliss-reactive ketones (excluding diaryl/α,β-unsaturated/α-hetero) is 1. The molecule has 0 saturated carbocycles. The van der Waals surface area contributed by atoms with Crippen LogP contribution in [0, 0.1) is 18.2 Å². The van der Waals surface area contributed by atoms with E-state index in [1.54, 1.807) is 6.07 Å². The molecule has 0 aliphatic carbocycles. The van der Waals surface area contributed by atoms with E-state index < -0.39 is 0 Å². The molecule has 1 aliphatic heterocycles. The van der Waals surface area contributed by atoms with Gasteiger partial charge in [0.15, 0.2) is 5.78 Å². The average molecular weight is 235 g/mol. The van der Waals surface area contributed by atoms with Crippen molar-refractivity contribution in [2.75, 3.05) is 13.1 Å². The molecule has 92 valence electrons. The number of rotatable bonds is 3. The van der Waals surface area contributed by atoms with Gasteiger partial charge in [-0.3, -0.25) is 4.79 Å². The molecule has 0 amide bonds. The first-order valence-corrected chi connectivity index (χ1v) is 6.11. The Labute approximate surface area is 101 Å². The van der Waals surface area contributed by atoms with Gasteiger partial charge in [0.2, 0.25) is 0 Å². The van der Waals surface area contributed by atoms with Crippen LogP contribution in [0.3, 0.4) is 0 Å². The van der Waals surface area contributed by atoms with Gasteiger partial charge < -0.3 is 5.32 Å². The minimum absolute atomic E-state index is 0.0852. The van der Waals surface area contributed by atoms with E-state index in [9.17, 15) is 9.18 Å². The summed E-state index contributed by atoms with van der Waals surface area (Å²) in [5.74, 6) is -0.252. The normalized spacial score (nSPS) is 23.9. The molecule has 17 heavy (non-hydrogen) atoms. The minimum atomic E-state index is -0.337. The fraction of sp³-hybridized carbons (Fsp3) is 0.500. The first-order valence-electron chi connectivity index (χ1n) is 6.11. The number of carbonyl (C=O) groups is 1. The van der Waals surface area contributed by atoms with Crippen LogP contribution in [-0.2, 0) is 0 Å². The zero-order valence-corrected chi connectivity index (χ0v) is 10.3. The number of hydrogen-bond acceptors (Lipinski definition) is 2. The molecule has 0 aromatic heterocycles. The lowest BCUT2D eigenvalue weighted by molar-refractivity contribution is 0.0809. The lowest BCUT2D eigenvalue weighted by Gasteiger charge is -2.25. The van der Waals surface area contributed by atoms with E-state index >= 15 is 0 Å². The van der Waals surface area contributed by atoms with Crippen LogP contribution < -0.4 is 5.32 Å². The zero-order valence-electron chi connectivity index (χ0n) is 10.3. The maximum atomic E-state index is 13.3. The van der Waals surface area contributed by atoms with Gasteiger partial charge in [-0.05, 0) is 44.0 Å². The van der Waals surface area contributed by atoms with Crippen molar-refractivity contribution >= 4 is 5.78 Å². The van der Waals surface area contributed by atoms with Gasteiger partial charge in [0.05, 0.1) is 0 Å². The van der Waals surface area contributed by atoms with E-state index in [0.717, 1.165) is 24.9 Å². The molecule has 1 aliphatic rings. The van der Waals surface area contributed by atoms with Gasteiger partial charge >= 0.3 is 0 Å². The van der Waals surface area contributed by atoms with Gasteiger partial charge in [0, 0.05) is 17.5 Å². The van der Waals surface area contributed by atoms with Crippen LogP contribution in [0.2, 0.25) is 0 Å². The molecular weight excluding hydrogens is 217 g/mol. The third-order valence-corrected chi connectivity index (χ3v) is 3.85. The third-order valence-electron chi connectivity index (χ3n) is 3.85.